The van der Waals surface area contributed by atoms with Gasteiger partial charge in [0.2, 0.25) is 0 Å². The zero-order valence-corrected chi connectivity index (χ0v) is 11.9. The minimum absolute atomic E-state index is 0. The van der Waals surface area contributed by atoms with E-state index in [1.807, 2.05) is 13.8 Å². The summed E-state index contributed by atoms with van der Waals surface area (Å²) in [6.45, 7) is 3.76. The largest absolute Gasteiger partial charge is 0.478 e. The van der Waals surface area contributed by atoms with Gasteiger partial charge in [-0.25, -0.2) is 4.79 Å². The van der Waals surface area contributed by atoms with Gasteiger partial charge in [0.05, 0.1) is 5.56 Å². The molecule has 4 N–H and O–H groups in total. The summed E-state index contributed by atoms with van der Waals surface area (Å²) in [5.74, 6) is -0.564. The van der Waals surface area contributed by atoms with Gasteiger partial charge in [-0.1, -0.05) is 6.42 Å². The Morgan fingerprint density at radius 1 is 1.32 bits per heavy atom. The maximum absolute atomic E-state index is 11.2. The predicted octanol–water partition coefficient (Wildman–Crippen LogP) is 2.98. The summed E-state index contributed by atoms with van der Waals surface area (Å²) in [5, 5.41) is 16.8. The smallest absolute Gasteiger partial charge is 0.335 e. The topological polar surface area (TPSA) is 87.2 Å². The van der Waals surface area contributed by atoms with Crippen molar-refractivity contribution in [2.24, 2.45) is 5.73 Å². The third-order valence-electron chi connectivity index (χ3n) is 3.98. The van der Waals surface area contributed by atoms with Crippen molar-refractivity contribution in [1.29, 1.82) is 5.41 Å². The number of nitrogens with one attached hydrogen (secondary N) is 1. The molecule has 104 valence electrons. The number of benzene rings is 1. The van der Waals surface area contributed by atoms with Gasteiger partial charge < -0.3 is 10.8 Å². The molecular weight excluding hydrogens is 264 g/mol. The highest BCUT2D eigenvalue weighted by Crippen LogP contribution is 2.41. The predicted molar refractivity (Wildman–Crippen MR) is 77.7 cm³/mol. The second kappa shape index (κ2) is 5.61. The zero-order valence-electron chi connectivity index (χ0n) is 11.1. The van der Waals surface area contributed by atoms with Crippen LogP contribution in [0.1, 0.15) is 57.8 Å². The van der Waals surface area contributed by atoms with Crippen LogP contribution in [0.15, 0.2) is 6.07 Å². The summed E-state index contributed by atoms with van der Waals surface area (Å²) >= 11 is 0. The van der Waals surface area contributed by atoms with Gasteiger partial charge in [0.1, 0.15) is 5.84 Å². The average molecular weight is 283 g/mol. The van der Waals surface area contributed by atoms with Crippen molar-refractivity contribution in [3.63, 3.8) is 0 Å². The Bertz CT molecular complexity index is 537. The van der Waals surface area contributed by atoms with Crippen LogP contribution < -0.4 is 5.73 Å². The molecule has 0 bridgehead atoms. The van der Waals surface area contributed by atoms with Crippen molar-refractivity contribution in [2.75, 3.05) is 0 Å². The number of rotatable bonds is 3. The van der Waals surface area contributed by atoms with Crippen LogP contribution in [0.2, 0.25) is 0 Å². The summed E-state index contributed by atoms with van der Waals surface area (Å²) in [6.07, 6.45) is 3.40. The fraction of sp³-hybridized carbons (Fsp3) is 0.429. The van der Waals surface area contributed by atoms with Crippen molar-refractivity contribution < 1.29 is 9.90 Å². The van der Waals surface area contributed by atoms with Gasteiger partial charge in [-0.2, -0.15) is 0 Å². The highest BCUT2D eigenvalue weighted by molar-refractivity contribution is 6.00. The van der Waals surface area contributed by atoms with Crippen LogP contribution in [0.25, 0.3) is 0 Å². The van der Waals surface area contributed by atoms with Crippen LogP contribution in [-0.4, -0.2) is 16.9 Å². The highest BCUT2D eigenvalue weighted by Gasteiger charge is 2.27. The van der Waals surface area contributed by atoms with Crippen molar-refractivity contribution in [1.82, 2.24) is 0 Å². The lowest BCUT2D eigenvalue weighted by molar-refractivity contribution is 0.0696. The monoisotopic (exact) mass is 282 g/mol. The van der Waals surface area contributed by atoms with Gasteiger partial charge in [0.25, 0.3) is 0 Å². The van der Waals surface area contributed by atoms with Gasteiger partial charge in [-0.05, 0) is 55.4 Å². The van der Waals surface area contributed by atoms with Gasteiger partial charge in [-0.15, -0.1) is 12.4 Å². The van der Waals surface area contributed by atoms with E-state index in [4.69, 9.17) is 11.1 Å². The van der Waals surface area contributed by atoms with Crippen molar-refractivity contribution >= 4 is 24.2 Å². The second-order valence-electron chi connectivity index (χ2n) is 4.98. The summed E-state index contributed by atoms with van der Waals surface area (Å²) in [6, 6.07) is 1.56. The van der Waals surface area contributed by atoms with E-state index >= 15 is 0 Å². The third-order valence-corrected chi connectivity index (χ3v) is 3.98. The van der Waals surface area contributed by atoms with Gasteiger partial charge in [-0.3, -0.25) is 5.41 Å². The van der Waals surface area contributed by atoms with E-state index in [0.717, 1.165) is 29.5 Å². The maximum Gasteiger partial charge on any atom is 0.335 e. The normalized spacial score (nSPS) is 14.4. The van der Waals surface area contributed by atoms with Gasteiger partial charge >= 0.3 is 5.97 Å². The lowest BCUT2D eigenvalue weighted by Gasteiger charge is -2.30. The number of carboxylic acids is 1. The Morgan fingerprint density at radius 2 is 1.89 bits per heavy atom. The Labute approximate surface area is 118 Å². The first-order chi connectivity index (χ1) is 8.43. The Hall–Kier alpha value is -1.55. The molecule has 1 saturated carbocycles. The molecule has 0 spiro atoms. The average Bonchev–Trinajstić information content (AvgIpc) is 2.21. The molecule has 0 saturated heterocycles. The standard InChI is InChI=1S/C14H18N2O2.ClH/c1-7-8(2)12(9-4-3-5-9)11(13(15)16)6-10(7)14(17)18;/h6,9H,3-5H2,1-2H3,(H3,15,16)(H,17,18);1H. The first-order valence-corrected chi connectivity index (χ1v) is 6.15. The molecule has 5 heteroatoms. The van der Waals surface area contributed by atoms with Crippen LogP contribution in [0.4, 0.5) is 0 Å². The fourth-order valence-electron chi connectivity index (χ4n) is 2.60. The molecule has 4 nitrogen and oxygen atoms in total. The summed E-state index contributed by atoms with van der Waals surface area (Å²) in [4.78, 5) is 11.2. The minimum Gasteiger partial charge on any atom is -0.478 e. The molecule has 0 unspecified atom stereocenters. The van der Waals surface area contributed by atoms with Crippen LogP contribution >= 0.6 is 12.4 Å². The number of halogens is 1. The number of amidine groups is 1. The molecule has 2 rings (SSSR count). The van der Waals surface area contributed by atoms with E-state index in [0.29, 0.717) is 11.5 Å². The van der Waals surface area contributed by atoms with Crippen molar-refractivity contribution in [2.45, 2.75) is 39.0 Å². The van der Waals surface area contributed by atoms with Gasteiger partial charge in [0.15, 0.2) is 0 Å². The zero-order chi connectivity index (χ0) is 13.4. The quantitative estimate of drug-likeness (QED) is 0.588. The molecule has 19 heavy (non-hydrogen) atoms. The molecular formula is C14H19ClN2O2. The number of carbonyl (C=O) groups is 1. The maximum atomic E-state index is 11.2. The number of hydrogen-bond acceptors (Lipinski definition) is 2. The van der Waals surface area contributed by atoms with Crippen molar-refractivity contribution in [3.05, 3.63) is 33.9 Å². The van der Waals surface area contributed by atoms with Crippen LogP contribution in [0, 0.1) is 19.3 Å². The summed E-state index contributed by atoms with van der Waals surface area (Å²) < 4.78 is 0. The highest BCUT2D eigenvalue weighted by atomic mass is 35.5. The summed E-state index contributed by atoms with van der Waals surface area (Å²) in [7, 11) is 0. The SMILES string of the molecule is Cc1c(C(=O)O)cc(C(=N)N)c(C2CCC2)c1C.Cl. The number of nitrogens with two attached hydrogens (primary N) is 1. The first-order valence-electron chi connectivity index (χ1n) is 6.15. The van der Waals surface area contributed by atoms with Crippen LogP contribution in [0.3, 0.4) is 0 Å². The molecule has 1 aromatic carbocycles. The molecule has 0 aromatic heterocycles. The molecule has 1 fully saturated rings. The molecule has 0 atom stereocenters. The van der Waals surface area contributed by atoms with Crippen molar-refractivity contribution in [3.8, 4) is 0 Å². The molecule has 0 amide bonds. The van der Waals surface area contributed by atoms with E-state index in [1.165, 1.54) is 6.42 Å². The minimum atomic E-state index is -0.960. The Morgan fingerprint density at radius 3 is 2.26 bits per heavy atom. The molecule has 1 aromatic rings. The second-order valence-corrected chi connectivity index (χ2v) is 4.98. The number of nitrogen functional groups attached to an aromatic ring is 1. The molecule has 1 aliphatic rings. The van der Waals surface area contributed by atoms with Gasteiger partial charge in [0, 0.05) is 5.56 Å². The lowest BCUT2D eigenvalue weighted by atomic mass is 9.74. The lowest BCUT2D eigenvalue weighted by Crippen LogP contribution is -2.22. The van der Waals surface area contributed by atoms with E-state index in [-0.39, 0.29) is 23.8 Å². The first kappa shape index (κ1) is 15.5. The van der Waals surface area contributed by atoms with Crippen LogP contribution in [-0.2, 0) is 0 Å². The molecule has 1 aliphatic carbocycles. The fourth-order valence-corrected chi connectivity index (χ4v) is 2.60. The van der Waals surface area contributed by atoms with Crippen LogP contribution in [0.5, 0.6) is 0 Å². The number of hydrogen-bond donors (Lipinski definition) is 3. The van der Waals surface area contributed by atoms with E-state index in [2.05, 4.69) is 0 Å². The Kier molecular flexibility index (Phi) is 4.58. The number of aromatic carboxylic acids is 1. The number of carboxylic acid groups (broad SMARTS) is 1. The third kappa shape index (κ3) is 2.59. The molecule has 0 aliphatic heterocycles. The molecule has 0 radical (unpaired) electrons. The Balaban J connectivity index is 0.00000180. The van der Waals surface area contributed by atoms with E-state index in [9.17, 15) is 9.90 Å². The van der Waals surface area contributed by atoms with E-state index < -0.39 is 5.97 Å². The van der Waals surface area contributed by atoms with E-state index in [1.54, 1.807) is 6.07 Å². The summed E-state index contributed by atoms with van der Waals surface area (Å²) in [5.41, 5.74) is 9.30. The molecule has 0 heterocycles.